The van der Waals surface area contributed by atoms with E-state index in [0.717, 1.165) is 22.3 Å². The van der Waals surface area contributed by atoms with E-state index >= 15 is 0 Å². The maximum absolute atomic E-state index is 12.3. The van der Waals surface area contributed by atoms with Crippen molar-refractivity contribution in [3.8, 4) is 12.1 Å². The monoisotopic (exact) mass is 438 g/mol. The van der Waals surface area contributed by atoms with Crippen molar-refractivity contribution in [1.29, 1.82) is 10.5 Å². The van der Waals surface area contributed by atoms with Gasteiger partial charge in [-0.25, -0.2) is 18.0 Å². The molecule has 2 aromatic rings. The van der Waals surface area contributed by atoms with Gasteiger partial charge in [0, 0.05) is 0 Å². The molecule has 0 heterocycles. The van der Waals surface area contributed by atoms with E-state index in [0.29, 0.717) is 6.42 Å². The van der Waals surface area contributed by atoms with Gasteiger partial charge in [0.1, 0.15) is 13.1 Å². The Morgan fingerprint density at radius 1 is 0.697 bits per heavy atom. The average molecular weight is 438 g/mol. The highest BCUT2D eigenvalue weighted by atomic mass is 16.2. The Morgan fingerprint density at radius 3 is 1.42 bits per heavy atom. The van der Waals surface area contributed by atoms with Gasteiger partial charge in [0.05, 0.1) is 25.0 Å². The minimum absolute atomic E-state index is 0.108. The van der Waals surface area contributed by atoms with E-state index in [4.69, 9.17) is 23.7 Å². The van der Waals surface area contributed by atoms with Gasteiger partial charge < -0.3 is 4.90 Å². The predicted octanol–water partition coefficient (Wildman–Crippen LogP) is 2.82. The fraction of sp³-hybridized carbons (Fsp3) is 0.280. The van der Waals surface area contributed by atoms with Crippen LogP contribution in [0.25, 0.3) is 9.69 Å². The molecule has 0 N–H and O–H groups in total. The highest BCUT2D eigenvalue weighted by molar-refractivity contribution is 5.79. The largest absolute Gasteiger partial charge is 0.316 e. The molecule has 0 unspecified atom stereocenters. The van der Waals surface area contributed by atoms with E-state index in [9.17, 15) is 9.59 Å². The summed E-state index contributed by atoms with van der Waals surface area (Å²) in [5.41, 5.74) is 3.74. The molecule has 0 fully saturated rings. The zero-order valence-corrected chi connectivity index (χ0v) is 18.1. The minimum atomic E-state index is -0.262. The van der Waals surface area contributed by atoms with Gasteiger partial charge >= 0.3 is 0 Å². The molecule has 2 amide bonds. The Balaban J connectivity index is 1.95. The van der Waals surface area contributed by atoms with Crippen LogP contribution in [0.3, 0.4) is 0 Å². The Bertz CT molecular complexity index is 1000. The first-order valence-corrected chi connectivity index (χ1v) is 10.1. The van der Waals surface area contributed by atoms with Crippen LogP contribution in [0.2, 0.25) is 0 Å². The van der Waals surface area contributed by atoms with Crippen LogP contribution >= 0.6 is 0 Å². The van der Waals surface area contributed by atoms with Crippen molar-refractivity contribution >= 4 is 11.8 Å². The molecule has 0 atom stereocenters. The molecule has 0 saturated carbocycles. The van der Waals surface area contributed by atoms with Crippen molar-refractivity contribution in [2.45, 2.75) is 19.3 Å². The van der Waals surface area contributed by atoms with E-state index < -0.39 is 0 Å². The second kappa shape index (κ2) is 12.9. The number of benzene rings is 2. The number of rotatable bonds is 10. The van der Waals surface area contributed by atoms with Crippen LogP contribution in [-0.4, -0.2) is 48.0 Å². The van der Waals surface area contributed by atoms with E-state index in [1.165, 1.54) is 9.80 Å². The van der Waals surface area contributed by atoms with Gasteiger partial charge in [0.15, 0.2) is 0 Å². The van der Waals surface area contributed by atoms with E-state index in [1.807, 2.05) is 60.7 Å². The third-order valence-corrected chi connectivity index (χ3v) is 4.88. The molecule has 0 bridgehead atoms. The zero-order valence-electron chi connectivity index (χ0n) is 18.1. The highest BCUT2D eigenvalue weighted by Gasteiger charge is 2.18. The molecule has 0 aliphatic heterocycles. The number of hydrogen-bond donors (Lipinski definition) is 0. The molecule has 0 aromatic heterocycles. The lowest BCUT2D eigenvalue weighted by Crippen LogP contribution is -2.33. The smallest absolute Gasteiger partial charge is 0.297 e. The van der Waals surface area contributed by atoms with Gasteiger partial charge in [-0.05, 0) is 28.7 Å². The molecular formula is C25H22N6O2. The molecule has 8 nitrogen and oxygen atoms in total. The maximum atomic E-state index is 12.3. The standard InChI is InChI=1S/C25H22N6O2/c1-28-18-31(19-29-2)25(33)17-23-9-5-21(6-10-23)15-20-3-7-22(8-4-20)16-24(32)30(13-11-26)14-12-27/h3-10H,13-19H2. The molecule has 0 spiro atoms. The fourth-order valence-corrected chi connectivity index (χ4v) is 3.13. The number of hydrogen-bond acceptors (Lipinski definition) is 4. The summed E-state index contributed by atoms with van der Waals surface area (Å²) >= 11 is 0. The normalized spacial score (nSPS) is 9.58. The van der Waals surface area contributed by atoms with Gasteiger partial charge in [-0.1, -0.05) is 48.5 Å². The Hall–Kier alpha value is -4.66. The summed E-state index contributed by atoms with van der Waals surface area (Å²) in [6.07, 6.45) is 0.950. The van der Waals surface area contributed by atoms with Crippen molar-refractivity contribution < 1.29 is 9.59 Å². The summed E-state index contributed by atoms with van der Waals surface area (Å²) < 4.78 is 0. The van der Waals surface area contributed by atoms with Crippen LogP contribution in [0.15, 0.2) is 48.5 Å². The fourth-order valence-electron chi connectivity index (χ4n) is 3.13. The van der Waals surface area contributed by atoms with Crippen molar-refractivity contribution in [2.24, 2.45) is 0 Å². The van der Waals surface area contributed by atoms with Gasteiger partial charge in [0.2, 0.25) is 11.8 Å². The van der Waals surface area contributed by atoms with E-state index in [2.05, 4.69) is 9.69 Å². The van der Waals surface area contributed by atoms with Crippen molar-refractivity contribution in [3.05, 3.63) is 93.6 Å². The SMILES string of the molecule is [C-]#[N+]CN(C[N+]#[C-])C(=O)Cc1ccc(Cc2ccc(CC(=O)N(CC#N)CC#N)cc2)cc1. The molecule has 0 saturated heterocycles. The lowest BCUT2D eigenvalue weighted by atomic mass is 10.0. The van der Waals surface area contributed by atoms with Crippen LogP contribution in [0.1, 0.15) is 22.3 Å². The summed E-state index contributed by atoms with van der Waals surface area (Å²) in [6, 6.07) is 19.0. The summed E-state index contributed by atoms with van der Waals surface area (Å²) in [5.74, 6) is -0.509. The lowest BCUT2D eigenvalue weighted by Gasteiger charge is -2.15. The molecular weight excluding hydrogens is 416 g/mol. The van der Waals surface area contributed by atoms with Crippen LogP contribution in [-0.2, 0) is 28.9 Å². The number of carbonyl (C=O) groups excluding carboxylic acids is 2. The Labute approximate surface area is 193 Å². The van der Waals surface area contributed by atoms with Crippen molar-refractivity contribution in [1.82, 2.24) is 9.80 Å². The Morgan fingerprint density at radius 2 is 1.06 bits per heavy atom. The zero-order chi connectivity index (χ0) is 24.1. The first-order valence-electron chi connectivity index (χ1n) is 10.1. The summed E-state index contributed by atoms with van der Waals surface area (Å²) in [5, 5.41) is 17.6. The maximum Gasteiger partial charge on any atom is 0.297 e. The second-order valence-electron chi connectivity index (χ2n) is 7.26. The molecule has 0 aliphatic rings. The van der Waals surface area contributed by atoms with Crippen molar-refractivity contribution in [2.75, 3.05) is 26.4 Å². The van der Waals surface area contributed by atoms with Crippen LogP contribution < -0.4 is 0 Å². The van der Waals surface area contributed by atoms with Gasteiger partial charge in [-0.2, -0.15) is 10.5 Å². The number of nitrogens with zero attached hydrogens (tertiary/aromatic N) is 6. The van der Waals surface area contributed by atoms with Gasteiger partial charge in [-0.15, -0.1) is 0 Å². The second-order valence-corrected chi connectivity index (χ2v) is 7.26. The van der Waals surface area contributed by atoms with E-state index in [1.54, 1.807) is 0 Å². The van der Waals surface area contributed by atoms with Crippen LogP contribution in [0.4, 0.5) is 0 Å². The summed E-state index contributed by atoms with van der Waals surface area (Å²) in [7, 11) is 0. The number of nitriles is 2. The molecule has 0 aliphatic carbocycles. The molecule has 2 aromatic carbocycles. The molecule has 8 heteroatoms. The molecule has 0 radical (unpaired) electrons. The summed E-state index contributed by atoms with van der Waals surface area (Å²) in [6.45, 7) is 13.4. The highest BCUT2D eigenvalue weighted by Crippen LogP contribution is 2.14. The van der Waals surface area contributed by atoms with Crippen molar-refractivity contribution in [3.63, 3.8) is 0 Å². The third-order valence-electron chi connectivity index (χ3n) is 4.88. The molecule has 164 valence electrons. The first-order chi connectivity index (χ1) is 16.0. The van der Waals surface area contributed by atoms with Crippen LogP contribution in [0, 0.1) is 35.8 Å². The predicted molar refractivity (Wildman–Crippen MR) is 121 cm³/mol. The van der Waals surface area contributed by atoms with E-state index in [-0.39, 0.29) is 51.1 Å². The first kappa shape index (κ1) is 24.6. The topological polar surface area (TPSA) is 96.9 Å². The summed E-state index contributed by atoms with van der Waals surface area (Å²) in [4.78, 5) is 33.4. The average Bonchev–Trinajstić information content (AvgIpc) is 2.81. The quantitative estimate of drug-likeness (QED) is 0.421. The lowest BCUT2D eigenvalue weighted by molar-refractivity contribution is -0.130. The number of amides is 2. The third kappa shape index (κ3) is 7.83. The molecule has 33 heavy (non-hydrogen) atoms. The van der Waals surface area contributed by atoms with Crippen LogP contribution in [0.5, 0.6) is 0 Å². The molecule has 2 rings (SSSR count). The Kier molecular flexibility index (Phi) is 9.62. The van der Waals surface area contributed by atoms with Gasteiger partial charge in [-0.3, -0.25) is 19.3 Å². The van der Waals surface area contributed by atoms with Gasteiger partial charge in [0.25, 0.3) is 13.3 Å². The number of carbonyl (C=O) groups is 2. The minimum Gasteiger partial charge on any atom is -0.316 e.